The van der Waals surface area contributed by atoms with E-state index in [1.807, 2.05) is 37.3 Å². The molecule has 6 nitrogen and oxygen atoms in total. The lowest BCUT2D eigenvalue weighted by molar-refractivity contribution is -0.113. The summed E-state index contributed by atoms with van der Waals surface area (Å²) in [5.41, 5.74) is 2.32. The van der Waals surface area contributed by atoms with Crippen LogP contribution in [0.2, 0.25) is 0 Å². The van der Waals surface area contributed by atoms with Gasteiger partial charge in [-0.3, -0.25) is 4.79 Å². The monoisotopic (exact) mass is 311 g/mol. The van der Waals surface area contributed by atoms with Crippen LogP contribution in [-0.2, 0) is 4.79 Å². The number of anilines is 2. The second kappa shape index (κ2) is 6.24. The lowest BCUT2D eigenvalue weighted by Gasteiger charge is -2.29. The molecule has 0 bridgehead atoms. The third kappa shape index (κ3) is 3.11. The van der Waals surface area contributed by atoms with E-state index in [4.69, 9.17) is 0 Å². The maximum Gasteiger partial charge on any atom is 0.255 e. The van der Waals surface area contributed by atoms with E-state index in [-0.39, 0.29) is 11.9 Å². The summed E-state index contributed by atoms with van der Waals surface area (Å²) in [6.07, 6.45) is 2.34. The maximum absolute atomic E-state index is 12.8. The molecule has 3 rings (SSSR count). The van der Waals surface area contributed by atoms with Crippen molar-refractivity contribution in [2.24, 2.45) is 5.92 Å². The molecule has 2 N–H and O–H groups in total. The van der Waals surface area contributed by atoms with E-state index in [9.17, 15) is 4.79 Å². The fraction of sp³-hybridized carbons (Fsp3) is 0.353. The first-order valence-corrected chi connectivity index (χ1v) is 7.80. The highest BCUT2D eigenvalue weighted by atomic mass is 16.1. The van der Waals surface area contributed by atoms with Crippen molar-refractivity contribution in [3.05, 3.63) is 47.9 Å². The maximum atomic E-state index is 12.8. The molecule has 0 radical (unpaired) electrons. The van der Waals surface area contributed by atoms with Crippen molar-refractivity contribution in [3.8, 4) is 0 Å². The Hall–Kier alpha value is -2.63. The van der Waals surface area contributed by atoms with Gasteiger partial charge >= 0.3 is 0 Å². The van der Waals surface area contributed by atoms with Gasteiger partial charge in [0, 0.05) is 11.4 Å². The van der Waals surface area contributed by atoms with Gasteiger partial charge in [0.05, 0.1) is 11.6 Å². The van der Waals surface area contributed by atoms with Crippen LogP contribution in [0.15, 0.2) is 47.9 Å². The molecule has 2 heterocycles. The Morgan fingerprint density at radius 3 is 2.78 bits per heavy atom. The summed E-state index contributed by atoms with van der Waals surface area (Å²) in [6.45, 7) is 6.19. The lowest BCUT2D eigenvalue weighted by Crippen LogP contribution is -2.31. The summed E-state index contributed by atoms with van der Waals surface area (Å²) in [5.74, 6) is 1.01. The van der Waals surface area contributed by atoms with Gasteiger partial charge in [0.25, 0.3) is 5.91 Å². The van der Waals surface area contributed by atoms with E-state index in [0.29, 0.717) is 17.4 Å². The van der Waals surface area contributed by atoms with E-state index in [1.54, 1.807) is 4.68 Å². The minimum absolute atomic E-state index is 0.104. The number of allylic oxidation sites excluding steroid dienone is 1. The molecule has 2 aromatic rings. The van der Waals surface area contributed by atoms with Crippen LogP contribution < -0.4 is 10.6 Å². The van der Waals surface area contributed by atoms with E-state index in [2.05, 4.69) is 34.6 Å². The standard InChI is InChI=1S/C17H21N5O/c1-11(2)9-14-15(12(3)20-17-18-10-19-22(14)17)16(23)21-13-7-5-4-6-8-13/h4-8,10-11,14H,9H2,1-3H3,(H,21,23)(H,18,19,20). The van der Waals surface area contributed by atoms with Crippen molar-refractivity contribution < 1.29 is 4.79 Å². The molecule has 1 unspecified atom stereocenters. The number of aromatic nitrogens is 3. The summed E-state index contributed by atoms with van der Waals surface area (Å²) in [6, 6.07) is 9.36. The number of benzene rings is 1. The molecule has 0 aliphatic carbocycles. The summed E-state index contributed by atoms with van der Waals surface area (Å²) in [7, 11) is 0. The molecule has 1 amide bonds. The molecule has 1 aliphatic rings. The molecule has 1 aromatic heterocycles. The third-order valence-corrected chi connectivity index (χ3v) is 3.88. The second-order valence-corrected chi connectivity index (χ2v) is 6.16. The summed E-state index contributed by atoms with van der Waals surface area (Å²) in [5, 5.41) is 10.4. The average Bonchev–Trinajstić information content (AvgIpc) is 2.95. The number of nitrogens with one attached hydrogen (secondary N) is 2. The molecule has 23 heavy (non-hydrogen) atoms. The third-order valence-electron chi connectivity index (χ3n) is 3.88. The predicted molar refractivity (Wildman–Crippen MR) is 89.9 cm³/mol. The van der Waals surface area contributed by atoms with Crippen molar-refractivity contribution in [1.29, 1.82) is 0 Å². The van der Waals surface area contributed by atoms with Crippen LogP contribution in [0.1, 0.15) is 33.2 Å². The quantitative estimate of drug-likeness (QED) is 0.909. The van der Waals surface area contributed by atoms with Gasteiger partial charge in [0.15, 0.2) is 0 Å². The number of amides is 1. The van der Waals surface area contributed by atoms with Gasteiger partial charge in [-0.05, 0) is 31.4 Å². The Morgan fingerprint density at radius 2 is 2.09 bits per heavy atom. The minimum atomic E-state index is -0.113. The number of hydrogen-bond donors (Lipinski definition) is 2. The van der Waals surface area contributed by atoms with Crippen LogP contribution in [-0.4, -0.2) is 20.7 Å². The number of para-hydroxylation sites is 1. The number of rotatable bonds is 4. The fourth-order valence-corrected chi connectivity index (χ4v) is 2.88. The predicted octanol–water partition coefficient (Wildman–Crippen LogP) is 3.20. The van der Waals surface area contributed by atoms with Crippen molar-refractivity contribution in [1.82, 2.24) is 14.8 Å². The smallest absolute Gasteiger partial charge is 0.255 e. The highest BCUT2D eigenvalue weighted by Crippen LogP contribution is 2.34. The van der Waals surface area contributed by atoms with E-state index >= 15 is 0 Å². The molecule has 0 spiro atoms. The highest BCUT2D eigenvalue weighted by molar-refractivity contribution is 6.05. The van der Waals surface area contributed by atoms with Crippen LogP contribution in [0.3, 0.4) is 0 Å². The molecular weight excluding hydrogens is 290 g/mol. The second-order valence-electron chi connectivity index (χ2n) is 6.16. The fourth-order valence-electron chi connectivity index (χ4n) is 2.88. The minimum Gasteiger partial charge on any atom is -0.328 e. The molecule has 1 aromatic carbocycles. The Labute approximate surface area is 135 Å². The van der Waals surface area contributed by atoms with Crippen LogP contribution >= 0.6 is 0 Å². The van der Waals surface area contributed by atoms with Gasteiger partial charge in [0.1, 0.15) is 6.33 Å². The molecule has 0 saturated carbocycles. The zero-order chi connectivity index (χ0) is 16.4. The Morgan fingerprint density at radius 1 is 1.35 bits per heavy atom. The number of hydrogen-bond acceptors (Lipinski definition) is 4. The molecular formula is C17H21N5O. The first kappa shape index (κ1) is 15.3. The first-order chi connectivity index (χ1) is 11.1. The van der Waals surface area contributed by atoms with Crippen LogP contribution in [0, 0.1) is 5.92 Å². The van der Waals surface area contributed by atoms with Crippen LogP contribution in [0.5, 0.6) is 0 Å². The SMILES string of the molecule is CC1=C(C(=O)Nc2ccccc2)C(CC(C)C)n2ncnc2N1. The average molecular weight is 311 g/mol. The zero-order valence-electron chi connectivity index (χ0n) is 13.6. The summed E-state index contributed by atoms with van der Waals surface area (Å²) < 4.78 is 1.80. The number of carbonyl (C=O) groups excluding carboxylic acids is 1. The van der Waals surface area contributed by atoms with Gasteiger partial charge < -0.3 is 10.6 Å². The van der Waals surface area contributed by atoms with Crippen molar-refractivity contribution in [2.45, 2.75) is 33.2 Å². The van der Waals surface area contributed by atoms with E-state index in [0.717, 1.165) is 17.8 Å². The van der Waals surface area contributed by atoms with Crippen LogP contribution in [0.25, 0.3) is 0 Å². The molecule has 120 valence electrons. The lowest BCUT2D eigenvalue weighted by atomic mass is 9.94. The first-order valence-electron chi connectivity index (χ1n) is 7.80. The van der Waals surface area contributed by atoms with Gasteiger partial charge in [-0.15, -0.1) is 0 Å². The largest absolute Gasteiger partial charge is 0.328 e. The zero-order valence-corrected chi connectivity index (χ0v) is 13.6. The number of carbonyl (C=O) groups is 1. The topological polar surface area (TPSA) is 71.8 Å². The van der Waals surface area contributed by atoms with Crippen molar-refractivity contribution >= 4 is 17.5 Å². The molecule has 6 heteroatoms. The normalized spacial score (nSPS) is 17.0. The van der Waals surface area contributed by atoms with E-state index < -0.39 is 0 Å². The van der Waals surface area contributed by atoms with Gasteiger partial charge in [-0.25, -0.2) is 4.68 Å². The summed E-state index contributed by atoms with van der Waals surface area (Å²) >= 11 is 0. The van der Waals surface area contributed by atoms with Gasteiger partial charge in [-0.2, -0.15) is 10.1 Å². The summed E-state index contributed by atoms with van der Waals surface area (Å²) in [4.78, 5) is 17.0. The molecule has 0 fully saturated rings. The highest BCUT2D eigenvalue weighted by Gasteiger charge is 2.32. The Kier molecular flexibility index (Phi) is 4.14. The van der Waals surface area contributed by atoms with Crippen molar-refractivity contribution in [3.63, 3.8) is 0 Å². The molecule has 1 atom stereocenters. The van der Waals surface area contributed by atoms with E-state index in [1.165, 1.54) is 6.33 Å². The Balaban J connectivity index is 1.92. The van der Waals surface area contributed by atoms with Gasteiger partial charge in [0.2, 0.25) is 5.95 Å². The van der Waals surface area contributed by atoms with Gasteiger partial charge in [-0.1, -0.05) is 32.0 Å². The molecule has 0 saturated heterocycles. The number of fused-ring (bicyclic) bond motifs is 1. The van der Waals surface area contributed by atoms with Crippen LogP contribution in [0.4, 0.5) is 11.6 Å². The molecule has 1 aliphatic heterocycles. The Bertz CT molecular complexity index is 732. The van der Waals surface area contributed by atoms with Crippen molar-refractivity contribution in [2.75, 3.05) is 10.6 Å². The number of nitrogens with zero attached hydrogens (tertiary/aromatic N) is 3.